The Morgan fingerprint density at radius 3 is 2.75 bits per heavy atom. The fraction of sp³-hybridized carbons (Fsp3) is 0.0625. The average molecular weight is 330 g/mol. The summed E-state index contributed by atoms with van der Waals surface area (Å²) < 4.78 is 3.07. The van der Waals surface area contributed by atoms with Crippen LogP contribution in [-0.2, 0) is 6.54 Å². The summed E-state index contributed by atoms with van der Waals surface area (Å²) >= 11 is 3.47. The SMILES string of the molecule is O=C(O)c1ccccc1Cn1ccc2ccc(Br)cc21. The highest BCUT2D eigenvalue weighted by atomic mass is 79.9. The van der Waals surface area contributed by atoms with Gasteiger partial charge < -0.3 is 9.67 Å². The summed E-state index contributed by atoms with van der Waals surface area (Å²) in [6.07, 6.45) is 1.98. The fourth-order valence-electron chi connectivity index (χ4n) is 2.35. The molecule has 0 saturated carbocycles. The Morgan fingerprint density at radius 1 is 1.15 bits per heavy atom. The molecule has 3 nitrogen and oxygen atoms in total. The number of fused-ring (bicyclic) bond motifs is 1. The standard InChI is InChI=1S/C16H12BrNO2/c17-13-6-5-11-7-8-18(15(11)9-13)10-12-3-1-2-4-14(12)16(19)20/h1-9H,10H2,(H,19,20). The lowest BCUT2D eigenvalue weighted by Gasteiger charge is -2.09. The number of hydrogen-bond donors (Lipinski definition) is 1. The number of carboxylic acids is 1. The summed E-state index contributed by atoms with van der Waals surface area (Å²) in [5, 5.41) is 10.4. The predicted molar refractivity (Wildman–Crippen MR) is 82.1 cm³/mol. The molecule has 3 rings (SSSR count). The second-order valence-corrected chi connectivity index (χ2v) is 5.52. The van der Waals surface area contributed by atoms with Gasteiger partial charge in [0.2, 0.25) is 0 Å². The molecule has 1 aromatic heterocycles. The van der Waals surface area contributed by atoms with Crippen molar-refractivity contribution in [1.82, 2.24) is 4.57 Å². The first kappa shape index (κ1) is 12.9. The van der Waals surface area contributed by atoms with Gasteiger partial charge in [0.05, 0.1) is 5.56 Å². The molecule has 4 heteroatoms. The Hall–Kier alpha value is -2.07. The van der Waals surface area contributed by atoms with E-state index in [1.807, 2.05) is 42.6 Å². The third-order valence-corrected chi connectivity index (χ3v) is 3.82. The first-order valence-corrected chi connectivity index (χ1v) is 7.00. The number of rotatable bonds is 3. The van der Waals surface area contributed by atoms with E-state index in [-0.39, 0.29) is 0 Å². The van der Waals surface area contributed by atoms with Crippen LogP contribution in [0, 0.1) is 0 Å². The quantitative estimate of drug-likeness (QED) is 0.784. The summed E-state index contributed by atoms with van der Waals surface area (Å²) in [4.78, 5) is 11.3. The van der Waals surface area contributed by atoms with Gasteiger partial charge in [-0.2, -0.15) is 0 Å². The molecule has 0 spiro atoms. The van der Waals surface area contributed by atoms with Crippen molar-refractivity contribution in [2.75, 3.05) is 0 Å². The second-order valence-electron chi connectivity index (χ2n) is 4.61. The molecule has 0 bridgehead atoms. The Bertz CT molecular complexity index is 792. The molecule has 3 aromatic rings. The van der Waals surface area contributed by atoms with Crippen LogP contribution in [-0.4, -0.2) is 15.6 Å². The largest absolute Gasteiger partial charge is 0.478 e. The molecule has 2 aromatic carbocycles. The zero-order valence-electron chi connectivity index (χ0n) is 10.6. The molecule has 0 atom stereocenters. The van der Waals surface area contributed by atoms with E-state index < -0.39 is 5.97 Å². The van der Waals surface area contributed by atoms with E-state index >= 15 is 0 Å². The van der Waals surface area contributed by atoms with E-state index in [1.165, 1.54) is 0 Å². The Balaban J connectivity index is 2.06. The van der Waals surface area contributed by atoms with Crippen molar-refractivity contribution in [3.8, 4) is 0 Å². The van der Waals surface area contributed by atoms with Crippen LogP contribution in [0.1, 0.15) is 15.9 Å². The molecular formula is C16H12BrNO2. The molecule has 0 aliphatic heterocycles. The molecule has 0 radical (unpaired) electrons. The summed E-state index contributed by atoms with van der Waals surface area (Å²) in [5.74, 6) is -0.891. The third-order valence-electron chi connectivity index (χ3n) is 3.32. The van der Waals surface area contributed by atoms with Gasteiger partial charge in [-0.3, -0.25) is 0 Å². The van der Waals surface area contributed by atoms with Crippen molar-refractivity contribution in [2.45, 2.75) is 6.54 Å². The second kappa shape index (κ2) is 5.13. The van der Waals surface area contributed by atoms with Gasteiger partial charge in [-0.25, -0.2) is 4.79 Å². The molecule has 100 valence electrons. The molecule has 0 amide bonds. The number of aromatic carboxylic acids is 1. The lowest BCUT2D eigenvalue weighted by atomic mass is 10.1. The predicted octanol–water partition coefficient (Wildman–Crippen LogP) is 4.15. The summed E-state index contributed by atoms with van der Waals surface area (Å²) in [6.45, 7) is 0.544. The van der Waals surface area contributed by atoms with Crippen LogP contribution >= 0.6 is 15.9 Å². The smallest absolute Gasteiger partial charge is 0.336 e. The highest BCUT2D eigenvalue weighted by molar-refractivity contribution is 9.10. The molecule has 0 aliphatic carbocycles. The first-order chi connectivity index (χ1) is 9.65. The summed E-state index contributed by atoms with van der Waals surface area (Å²) in [7, 11) is 0. The molecule has 1 N–H and O–H groups in total. The Morgan fingerprint density at radius 2 is 1.95 bits per heavy atom. The highest BCUT2D eigenvalue weighted by Gasteiger charge is 2.10. The highest BCUT2D eigenvalue weighted by Crippen LogP contribution is 2.22. The van der Waals surface area contributed by atoms with Crippen LogP contribution in [0.2, 0.25) is 0 Å². The molecule has 20 heavy (non-hydrogen) atoms. The molecule has 1 heterocycles. The van der Waals surface area contributed by atoms with Gasteiger partial charge in [0.25, 0.3) is 0 Å². The number of aromatic nitrogens is 1. The van der Waals surface area contributed by atoms with Crippen molar-refractivity contribution in [2.24, 2.45) is 0 Å². The number of nitrogens with zero attached hydrogens (tertiary/aromatic N) is 1. The van der Waals surface area contributed by atoms with E-state index in [2.05, 4.69) is 20.5 Å². The minimum atomic E-state index is -0.891. The van der Waals surface area contributed by atoms with Gasteiger partial charge in [0, 0.05) is 22.7 Å². The monoisotopic (exact) mass is 329 g/mol. The summed E-state index contributed by atoms with van der Waals surface area (Å²) in [5.41, 5.74) is 2.24. The van der Waals surface area contributed by atoms with E-state index in [0.29, 0.717) is 12.1 Å². The van der Waals surface area contributed by atoms with E-state index in [1.54, 1.807) is 12.1 Å². The number of hydrogen-bond acceptors (Lipinski definition) is 1. The molecule has 0 saturated heterocycles. The lowest BCUT2D eigenvalue weighted by molar-refractivity contribution is 0.0695. The minimum Gasteiger partial charge on any atom is -0.478 e. The van der Waals surface area contributed by atoms with Gasteiger partial charge in [0.1, 0.15) is 0 Å². The van der Waals surface area contributed by atoms with Gasteiger partial charge >= 0.3 is 5.97 Å². The molecule has 0 aliphatic rings. The summed E-state index contributed by atoms with van der Waals surface area (Å²) in [6, 6.07) is 15.2. The maximum Gasteiger partial charge on any atom is 0.336 e. The maximum absolute atomic E-state index is 11.3. The van der Waals surface area contributed by atoms with Crippen molar-refractivity contribution in [3.05, 3.63) is 70.3 Å². The van der Waals surface area contributed by atoms with E-state index in [9.17, 15) is 9.90 Å². The van der Waals surface area contributed by atoms with Crippen molar-refractivity contribution in [3.63, 3.8) is 0 Å². The Kier molecular flexibility index (Phi) is 3.32. The number of carbonyl (C=O) groups is 1. The van der Waals surface area contributed by atoms with Crippen LogP contribution in [0.5, 0.6) is 0 Å². The maximum atomic E-state index is 11.3. The van der Waals surface area contributed by atoms with Gasteiger partial charge in [-0.15, -0.1) is 0 Å². The normalized spacial score (nSPS) is 10.8. The van der Waals surface area contributed by atoms with Gasteiger partial charge in [0.15, 0.2) is 0 Å². The van der Waals surface area contributed by atoms with Crippen molar-refractivity contribution < 1.29 is 9.90 Å². The zero-order valence-corrected chi connectivity index (χ0v) is 12.2. The van der Waals surface area contributed by atoms with Crippen LogP contribution in [0.15, 0.2) is 59.2 Å². The van der Waals surface area contributed by atoms with Crippen LogP contribution in [0.25, 0.3) is 10.9 Å². The minimum absolute atomic E-state index is 0.351. The van der Waals surface area contributed by atoms with Gasteiger partial charge in [-0.1, -0.05) is 40.2 Å². The van der Waals surface area contributed by atoms with Gasteiger partial charge in [-0.05, 0) is 35.2 Å². The number of benzene rings is 2. The van der Waals surface area contributed by atoms with E-state index in [0.717, 1.165) is 20.9 Å². The van der Waals surface area contributed by atoms with Crippen LogP contribution in [0.4, 0.5) is 0 Å². The van der Waals surface area contributed by atoms with Crippen LogP contribution < -0.4 is 0 Å². The molecular weight excluding hydrogens is 318 g/mol. The number of carboxylic acid groups (broad SMARTS) is 1. The number of halogens is 1. The lowest BCUT2D eigenvalue weighted by Crippen LogP contribution is -2.06. The molecule has 0 fully saturated rings. The molecule has 0 unspecified atom stereocenters. The van der Waals surface area contributed by atoms with Crippen molar-refractivity contribution >= 4 is 32.8 Å². The third kappa shape index (κ3) is 2.34. The zero-order chi connectivity index (χ0) is 14.1. The fourth-order valence-corrected chi connectivity index (χ4v) is 2.69. The van der Waals surface area contributed by atoms with E-state index in [4.69, 9.17) is 0 Å². The average Bonchev–Trinajstić information content (AvgIpc) is 2.82. The first-order valence-electron chi connectivity index (χ1n) is 6.21. The topological polar surface area (TPSA) is 42.2 Å². The van der Waals surface area contributed by atoms with Crippen molar-refractivity contribution in [1.29, 1.82) is 0 Å². The Labute approximate surface area is 124 Å². The van der Waals surface area contributed by atoms with Crippen LogP contribution in [0.3, 0.4) is 0 Å².